The number of carbonyl (C=O) groups is 1. The Morgan fingerprint density at radius 2 is 2.09 bits per heavy atom. The topological polar surface area (TPSA) is 52.3 Å². The second kappa shape index (κ2) is 4.03. The molecule has 2 N–H and O–H groups in total. The lowest BCUT2D eigenvalue weighted by atomic mass is 10.2. The third kappa shape index (κ3) is 2.14. The Labute approximate surface area is 69.0 Å². The molecule has 0 heterocycles. The normalized spacial score (nSPS) is 16.2. The van der Waals surface area contributed by atoms with Crippen molar-refractivity contribution in [3.8, 4) is 0 Å². The number of hydrogen-bond acceptors (Lipinski definition) is 3. The molecule has 0 aromatic rings. The van der Waals surface area contributed by atoms with Crippen LogP contribution in [0.2, 0.25) is 0 Å². The summed E-state index contributed by atoms with van der Waals surface area (Å²) in [5, 5.41) is -0.468. The van der Waals surface area contributed by atoms with Crippen LogP contribution < -0.4 is 5.73 Å². The minimum Gasteiger partial charge on any atom is -0.468 e. The third-order valence-corrected chi connectivity index (χ3v) is 4.35. The molecule has 0 aromatic carbocycles. The zero-order valence-electron chi connectivity index (χ0n) is 7.55. The average molecular weight is 177 g/mol. The molecule has 0 fully saturated rings. The summed E-state index contributed by atoms with van der Waals surface area (Å²) in [6.45, 7) is 6.27. The molecule has 0 aliphatic heterocycles. The second-order valence-electron chi connectivity index (χ2n) is 2.86. The largest absolute Gasteiger partial charge is 0.468 e. The van der Waals surface area contributed by atoms with Crippen molar-refractivity contribution in [3.63, 3.8) is 0 Å². The van der Waals surface area contributed by atoms with E-state index in [1.54, 1.807) is 0 Å². The number of rotatable bonds is 3. The molecular weight excluding hydrogens is 161 g/mol. The van der Waals surface area contributed by atoms with E-state index in [9.17, 15) is 4.79 Å². The van der Waals surface area contributed by atoms with Crippen LogP contribution in [-0.4, -0.2) is 38.1 Å². The first-order chi connectivity index (χ1) is 4.99. The van der Waals surface area contributed by atoms with Gasteiger partial charge in [-0.1, -0.05) is 7.92 Å². The molecule has 0 aromatic heterocycles. The molecule has 0 bridgehead atoms. The molecule has 0 spiro atoms. The number of ether oxygens (including phenoxy) is 1. The van der Waals surface area contributed by atoms with Crippen LogP contribution in [0.1, 0.15) is 6.92 Å². The summed E-state index contributed by atoms with van der Waals surface area (Å²) in [5.74, 6) is -0.198. The third-order valence-electron chi connectivity index (χ3n) is 2.01. The molecule has 1 atom stereocenters. The summed E-state index contributed by atoms with van der Waals surface area (Å²) in [5.41, 5.74) is 5.50. The van der Waals surface area contributed by atoms with Crippen LogP contribution in [0, 0.1) is 0 Å². The monoisotopic (exact) mass is 177 g/mol. The van der Waals surface area contributed by atoms with Gasteiger partial charge in [-0.25, -0.2) is 0 Å². The minimum absolute atomic E-state index is 0.198. The molecule has 66 valence electrons. The SMILES string of the molecule is COC(=O)C(C)(CN)P(C)C. The Hall–Kier alpha value is -0.140. The van der Waals surface area contributed by atoms with E-state index in [0.29, 0.717) is 6.54 Å². The van der Waals surface area contributed by atoms with E-state index in [2.05, 4.69) is 4.74 Å². The van der Waals surface area contributed by atoms with Gasteiger partial charge < -0.3 is 10.5 Å². The van der Waals surface area contributed by atoms with Crippen LogP contribution in [0.4, 0.5) is 0 Å². The van der Waals surface area contributed by atoms with Gasteiger partial charge in [0.15, 0.2) is 0 Å². The van der Waals surface area contributed by atoms with Crippen molar-refractivity contribution in [2.45, 2.75) is 12.1 Å². The molecule has 1 unspecified atom stereocenters. The van der Waals surface area contributed by atoms with Crippen LogP contribution in [0.3, 0.4) is 0 Å². The molecule has 0 rings (SSSR count). The molecule has 0 radical (unpaired) electrons. The minimum atomic E-state index is -0.468. The molecule has 3 nitrogen and oxygen atoms in total. The van der Waals surface area contributed by atoms with Crippen LogP contribution in [0.25, 0.3) is 0 Å². The van der Waals surface area contributed by atoms with E-state index in [-0.39, 0.29) is 5.97 Å². The molecule has 0 saturated carbocycles. The Kier molecular flexibility index (Phi) is 3.98. The number of esters is 1. The molecule has 4 heteroatoms. The van der Waals surface area contributed by atoms with E-state index < -0.39 is 13.1 Å². The Bertz CT molecular complexity index is 149. The van der Waals surface area contributed by atoms with Crippen LogP contribution >= 0.6 is 7.92 Å². The van der Waals surface area contributed by atoms with Crippen molar-refractivity contribution < 1.29 is 9.53 Å². The van der Waals surface area contributed by atoms with Crippen LogP contribution in [0.15, 0.2) is 0 Å². The van der Waals surface area contributed by atoms with Crippen molar-refractivity contribution in [3.05, 3.63) is 0 Å². The van der Waals surface area contributed by atoms with E-state index in [1.165, 1.54) is 7.11 Å². The highest BCUT2D eigenvalue weighted by Gasteiger charge is 2.35. The fraction of sp³-hybridized carbons (Fsp3) is 0.857. The van der Waals surface area contributed by atoms with Gasteiger partial charge in [0.2, 0.25) is 0 Å². The fourth-order valence-electron chi connectivity index (χ4n) is 0.668. The second-order valence-corrected chi connectivity index (χ2v) is 5.64. The number of methoxy groups -OCH3 is 1. The maximum atomic E-state index is 11.2. The van der Waals surface area contributed by atoms with Crippen molar-refractivity contribution in [1.82, 2.24) is 0 Å². The van der Waals surface area contributed by atoms with Crippen molar-refractivity contribution in [2.24, 2.45) is 5.73 Å². The molecule has 0 aliphatic carbocycles. The van der Waals surface area contributed by atoms with Gasteiger partial charge >= 0.3 is 5.97 Å². The van der Waals surface area contributed by atoms with E-state index in [1.807, 2.05) is 20.3 Å². The Balaban J connectivity index is 4.45. The molecule has 0 saturated heterocycles. The quantitative estimate of drug-likeness (QED) is 0.507. The summed E-state index contributed by atoms with van der Waals surface area (Å²) in [6, 6.07) is 0. The van der Waals surface area contributed by atoms with Crippen LogP contribution in [-0.2, 0) is 9.53 Å². The van der Waals surface area contributed by atoms with E-state index in [0.717, 1.165) is 0 Å². The summed E-state index contributed by atoms with van der Waals surface area (Å²) >= 11 is 0. The molecule has 0 amide bonds. The summed E-state index contributed by atoms with van der Waals surface area (Å²) in [7, 11) is 1.01. The summed E-state index contributed by atoms with van der Waals surface area (Å²) < 4.78 is 4.66. The number of nitrogens with two attached hydrogens (primary N) is 1. The van der Waals surface area contributed by atoms with Gasteiger partial charge in [0.1, 0.15) is 0 Å². The highest BCUT2D eigenvalue weighted by molar-refractivity contribution is 7.58. The van der Waals surface area contributed by atoms with E-state index in [4.69, 9.17) is 5.73 Å². The predicted molar refractivity (Wildman–Crippen MR) is 48.2 cm³/mol. The maximum Gasteiger partial charge on any atom is 0.317 e. The first-order valence-electron chi connectivity index (χ1n) is 3.45. The highest BCUT2D eigenvalue weighted by atomic mass is 31.1. The zero-order chi connectivity index (χ0) is 9.07. The summed E-state index contributed by atoms with van der Waals surface area (Å²) in [4.78, 5) is 11.2. The van der Waals surface area contributed by atoms with Crippen molar-refractivity contribution >= 4 is 13.9 Å². The van der Waals surface area contributed by atoms with Crippen LogP contribution in [0.5, 0.6) is 0 Å². The van der Waals surface area contributed by atoms with Gasteiger partial charge in [0.25, 0.3) is 0 Å². The van der Waals surface area contributed by atoms with Gasteiger partial charge in [0, 0.05) is 6.54 Å². The van der Waals surface area contributed by atoms with E-state index >= 15 is 0 Å². The highest BCUT2D eigenvalue weighted by Crippen LogP contribution is 2.42. The first-order valence-corrected chi connectivity index (χ1v) is 5.68. The lowest BCUT2D eigenvalue weighted by molar-refractivity contribution is -0.142. The predicted octanol–water partition coefficient (Wildman–Crippen LogP) is 0.618. The Morgan fingerprint density at radius 3 is 2.18 bits per heavy atom. The zero-order valence-corrected chi connectivity index (χ0v) is 8.44. The molecular formula is C7H16NO2P. The van der Waals surface area contributed by atoms with Crippen molar-refractivity contribution in [2.75, 3.05) is 27.0 Å². The number of carbonyl (C=O) groups excluding carboxylic acids is 1. The number of hydrogen-bond donors (Lipinski definition) is 1. The van der Waals surface area contributed by atoms with Gasteiger partial charge in [-0.15, -0.1) is 0 Å². The van der Waals surface area contributed by atoms with Gasteiger partial charge in [0.05, 0.1) is 12.3 Å². The standard InChI is InChI=1S/C7H16NO2P/c1-7(5-8,11(3)4)6(9)10-2/h5,8H2,1-4H3. The smallest absolute Gasteiger partial charge is 0.317 e. The molecule has 0 aliphatic rings. The van der Waals surface area contributed by atoms with Gasteiger partial charge in [-0.05, 0) is 20.3 Å². The maximum absolute atomic E-state index is 11.2. The Morgan fingerprint density at radius 1 is 1.64 bits per heavy atom. The lowest BCUT2D eigenvalue weighted by Gasteiger charge is -2.29. The molecule has 11 heavy (non-hydrogen) atoms. The summed E-state index contributed by atoms with van der Waals surface area (Å²) in [6.07, 6.45) is 0. The first kappa shape index (κ1) is 10.9. The average Bonchev–Trinajstić information content (AvgIpc) is 2.01. The lowest BCUT2D eigenvalue weighted by Crippen LogP contribution is -2.41. The fourth-order valence-corrected chi connectivity index (χ4v) is 1.49. The van der Waals surface area contributed by atoms with Crippen molar-refractivity contribution in [1.29, 1.82) is 0 Å². The van der Waals surface area contributed by atoms with Gasteiger partial charge in [-0.3, -0.25) is 4.79 Å². The van der Waals surface area contributed by atoms with Gasteiger partial charge in [-0.2, -0.15) is 0 Å².